The van der Waals surface area contributed by atoms with Crippen LogP contribution in [-0.4, -0.2) is 22.4 Å². The van der Waals surface area contributed by atoms with E-state index in [-0.39, 0.29) is 0 Å². The second-order valence-electron chi connectivity index (χ2n) is 3.82. The molecule has 0 atom stereocenters. The number of rotatable bonds is 1. The van der Waals surface area contributed by atoms with Crippen molar-refractivity contribution in [2.45, 2.75) is 19.6 Å². The molecular weight excluding hydrogens is 194 g/mol. The first-order chi connectivity index (χ1) is 6.61. The van der Waals surface area contributed by atoms with Crippen LogP contribution >= 0.6 is 0 Å². The van der Waals surface area contributed by atoms with Crippen LogP contribution in [0.25, 0.3) is 0 Å². The van der Waals surface area contributed by atoms with Crippen LogP contribution < -0.4 is 0 Å². The molecule has 14 heavy (non-hydrogen) atoms. The van der Waals surface area contributed by atoms with Crippen molar-refractivity contribution < 1.29 is 4.42 Å². The van der Waals surface area contributed by atoms with Crippen molar-refractivity contribution in [3.05, 3.63) is 37.6 Å². The van der Waals surface area contributed by atoms with Crippen molar-refractivity contribution >= 4 is 8.24 Å². The highest BCUT2D eigenvalue weighted by molar-refractivity contribution is 6.74. The summed E-state index contributed by atoms with van der Waals surface area (Å²) in [5.74, 6) is 0. The number of imidazole rings is 1. The summed E-state index contributed by atoms with van der Waals surface area (Å²) >= 11 is 0. The molecular formula is C9H15N3OSi. The SMILES string of the molecule is C[Si](C)(C)n1ccnc1.c1cocn1. The zero-order valence-electron chi connectivity index (χ0n) is 8.71. The Bertz CT molecular complexity index is 306. The van der Waals surface area contributed by atoms with E-state index in [4.69, 9.17) is 0 Å². The highest BCUT2D eigenvalue weighted by Crippen LogP contribution is 2.03. The number of oxazole rings is 1. The predicted octanol–water partition coefficient (Wildman–Crippen LogP) is 2.24. The fraction of sp³-hybridized carbons (Fsp3) is 0.333. The summed E-state index contributed by atoms with van der Waals surface area (Å²) in [7, 11) is -1.13. The van der Waals surface area contributed by atoms with E-state index >= 15 is 0 Å². The molecule has 0 aliphatic rings. The summed E-state index contributed by atoms with van der Waals surface area (Å²) in [6.45, 7) is 6.86. The lowest BCUT2D eigenvalue weighted by molar-refractivity contribution is 0.558. The minimum Gasteiger partial charge on any atom is -0.452 e. The Hall–Kier alpha value is -1.36. The van der Waals surface area contributed by atoms with Crippen LogP contribution in [0.4, 0.5) is 0 Å². The lowest BCUT2D eigenvalue weighted by Gasteiger charge is -2.16. The normalized spacial score (nSPS) is 10.5. The van der Waals surface area contributed by atoms with Gasteiger partial charge in [0.25, 0.3) is 0 Å². The molecule has 0 saturated carbocycles. The van der Waals surface area contributed by atoms with Crippen molar-refractivity contribution in [1.82, 2.24) is 14.2 Å². The molecule has 0 N–H and O–H groups in total. The molecule has 0 aliphatic heterocycles. The van der Waals surface area contributed by atoms with Gasteiger partial charge >= 0.3 is 0 Å². The second kappa shape index (κ2) is 4.76. The van der Waals surface area contributed by atoms with E-state index in [2.05, 4.69) is 38.3 Å². The van der Waals surface area contributed by atoms with Crippen molar-refractivity contribution in [2.24, 2.45) is 0 Å². The molecule has 0 radical (unpaired) electrons. The zero-order chi connectivity index (χ0) is 10.4. The molecule has 0 bridgehead atoms. The average Bonchev–Trinajstić information content (AvgIpc) is 2.80. The van der Waals surface area contributed by atoms with Gasteiger partial charge in [-0.25, -0.2) is 9.97 Å². The lowest BCUT2D eigenvalue weighted by Crippen LogP contribution is -2.30. The van der Waals surface area contributed by atoms with Crippen molar-refractivity contribution in [3.63, 3.8) is 0 Å². The van der Waals surface area contributed by atoms with Gasteiger partial charge in [0.2, 0.25) is 0 Å². The van der Waals surface area contributed by atoms with E-state index < -0.39 is 8.24 Å². The van der Waals surface area contributed by atoms with Crippen LogP contribution in [0, 0.1) is 0 Å². The third kappa shape index (κ3) is 3.57. The molecule has 2 aromatic heterocycles. The minimum absolute atomic E-state index is 1.13. The van der Waals surface area contributed by atoms with Gasteiger partial charge in [0.05, 0.1) is 12.5 Å². The summed E-state index contributed by atoms with van der Waals surface area (Å²) in [5.41, 5.74) is 0. The Morgan fingerprint density at radius 2 is 1.93 bits per heavy atom. The van der Waals surface area contributed by atoms with Gasteiger partial charge in [-0.3, -0.25) is 0 Å². The predicted molar refractivity (Wildman–Crippen MR) is 57.5 cm³/mol. The molecule has 76 valence electrons. The number of hydrogen-bond acceptors (Lipinski definition) is 3. The van der Waals surface area contributed by atoms with Crippen LogP contribution in [0.2, 0.25) is 19.6 Å². The van der Waals surface area contributed by atoms with Crippen molar-refractivity contribution in [3.8, 4) is 0 Å². The van der Waals surface area contributed by atoms with Gasteiger partial charge in [0, 0.05) is 12.4 Å². The standard InChI is InChI=1S/C6H12N2Si.C3H3NO/c1-9(2,3)8-5-4-7-6-8;1-2-5-3-4-1/h4-6H,1-3H3;1-3H. The van der Waals surface area contributed by atoms with Crippen molar-refractivity contribution in [2.75, 3.05) is 0 Å². The van der Waals surface area contributed by atoms with Crippen LogP contribution in [0.5, 0.6) is 0 Å². The molecule has 0 aliphatic carbocycles. The Kier molecular flexibility index (Phi) is 3.64. The molecule has 0 saturated heterocycles. The third-order valence-corrected chi connectivity index (χ3v) is 3.44. The number of aromatic nitrogens is 3. The monoisotopic (exact) mass is 209 g/mol. The largest absolute Gasteiger partial charge is 0.452 e. The van der Waals surface area contributed by atoms with Gasteiger partial charge < -0.3 is 8.65 Å². The molecule has 2 rings (SSSR count). The van der Waals surface area contributed by atoms with Crippen LogP contribution in [0.3, 0.4) is 0 Å². The zero-order valence-corrected chi connectivity index (χ0v) is 9.71. The first-order valence-electron chi connectivity index (χ1n) is 4.41. The summed E-state index contributed by atoms with van der Waals surface area (Å²) in [5, 5.41) is 0. The van der Waals surface area contributed by atoms with Crippen LogP contribution in [-0.2, 0) is 0 Å². The average molecular weight is 209 g/mol. The van der Waals surface area contributed by atoms with Gasteiger partial charge in [-0.1, -0.05) is 19.6 Å². The maximum absolute atomic E-state index is 4.47. The quantitative estimate of drug-likeness (QED) is 0.676. The minimum atomic E-state index is -1.13. The molecule has 5 heteroatoms. The highest BCUT2D eigenvalue weighted by atomic mass is 28.3. The number of hydrogen-bond donors (Lipinski definition) is 0. The van der Waals surface area contributed by atoms with Gasteiger partial charge in [-0.15, -0.1) is 0 Å². The topological polar surface area (TPSA) is 43.9 Å². The van der Waals surface area contributed by atoms with E-state index in [9.17, 15) is 0 Å². The van der Waals surface area contributed by atoms with Gasteiger partial charge in [0.1, 0.15) is 6.26 Å². The van der Waals surface area contributed by atoms with Gasteiger partial charge in [-0.05, 0) is 0 Å². The number of nitrogens with zero attached hydrogens (tertiary/aromatic N) is 3. The van der Waals surface area contributed by atoms with Crippen LogP contribution in [0.1, 0.15) is 0 Å². The first-order valence-corrected chi connectivity index (χ1v) is 7.86. The maximum atomic E-state index is 4.47. The molecule has 0 amide bonds. The molecule has 0 fully saturated rings. The Morgan fingerprint density at radius 1 is 1.14 bits per heavy atom. The highest BCUT2D eigenvalue weighted by Gasteiger charge is 2.13. The summed E-state index contributed by atoms with van der Waals surface area (Å²) < 4.78 is 6.69. The third-order valence-electron chi connectivity index (χ3n) is 1.63. The molecule has 2 aromatic rings. The summed E-state index contributed by atoms with van der Waals surface area (Å²) in [6, 6.07) is 0. The Labute approximate surface area is 84.7 Å². The lowest BCUT2D eigenvalue weighted by atomic mass is 11.0. The summed E-state index contributed by atoms with van der Waals surface area (Å²) in [4.78, 5) is 7.54. The summed E-state index contributed by atoms with van der Waals surface area (Å²) in [6.07, 6.45) is 10.2. The van der Waals surface area contributed by atoms with E-state index in [1.54, 1.807) is 6.20 Å². The molecule has 2 heterocycles. The maximum Gasteiger partial charge on any atom is 0.180 e. The van der Waals surface area contributed by atoms with Crippen LogP contribution in [0.15, 0.2) is 42.0 Å². The van der Waals surface area contributed by atoms with E-state index in [1.165, 1.54) is 12.7 Å². The first kappa shape index (κ1) is 10.7. The second-order valence-corrected chi connectivity index (χ2v) is 8.67. The van der Waals surface area contributed by atoms with E-state index in [0.717, 1.165) is 0 Å². The Balaban J connectivity index is 0.000000165. The van der Waals surface area contributed by atoms with E-state index in [0.29, 0.717) is 0 Å². The molecule has 0 unspecified atom stereocenters. The smallest absolute Gasteiger partial charge is 0.180 e. The van der Waals surface area contributed by atoms with Gasteiger partial charge in [-0.2, -0.15) is 0 Å². The molecule has 0 spiro atoms. The molecule has 0 aromatic carbocycles. The molecule has 4 nitrogen and oxygen atoms in total. The Morgan fingerprint density at radius 3 is 2.14 bits per heavy atom. The van der Waals surface area contributed by atoms with Crippen molar-refractivity contribution in [1.29, 1.82) is 0 Å². The fourth-order valence-electron chi connectivity index (χ4n) is 0.832. The van der Waals surface area contributed by atoms with E-state index in [1.807, 2.05) is 18.7 Å². The fourth-order valence-corrected chi connectivity index (χ4v) is 1.76. The van der Waals surface area contributed by atoms with Gasteiger partial charge in [0.15, 0.2) is 14.6 Å².